The van der Waals surface area contributed by atoms with Crippen LogP contribution in [0.4, 0.5) is 0 Å². The molecule has 0 rings (SSSR count). The Hall–Kier alpha value is -3.79. The standard InChI is InChI=1S/C96H173NO8/c1-6-8-10-12-14-16-18-20-22-24-26-28-30-32-34-36-38-40-42-44-46-47-49-51-53-55-57-59-61-63-65-67-69-71-73-75-77-79-81-83-85-87-94(99)105-92(91-104-96(95(100)101)102-89-88-97(3,4)5)90-103-93(98)86-84-82-80-78-76-74-72-70-68-66-64-62-60-58-56-54-52-50-48-45-43-41-39-37-35-33-31-29-27-25-23-21-19-17-15-13-11-9-7-2/h8,10,14,16,19-22,25-28,32,34,38,40,92,96H,6-7,9,11-13,15,17-18,23-24,29-31,33,35-37,39,41-91H2,1-5H3/p+1/b10-8-,16-14-,21-19-,22-20-,27-25-,28-26-,34-32-,40-38-. The first-order chi connectivity index (χ1) is 51.6. The smallest absolute Gasteiger partial charge is 0.361 e. The SMILES string of the molecule is CC/C=C\C/C=C\C/C=C\C/C=C\C/C=C\C/C=C\CCCCCCCCCCCCCCCCCCCCCCCCC(=O)OC(COC(=O)CCCCCCCCCCCCCCCCCCCCCCCCCCCCC/C=C\C/C=C\CCCCCCC)COC(OCC[N+](C)(C)C)C(=O)O. The number of carboxylic acids is 1. The first kappa shape index (κ1) is 101. The molecule has 0 aliphatic heterocycles. The number of nitrogens with zero attached hydrogens (tertiary/aromatic N) is 1. The van der Waals surface area contributed by atoms with Crippen LogP contribution < -0.4 is 0 Å². The van der Waals surface area contributed by atoms with Crippen molar-refractivity contribution in [2.45, 2.75) is 450 Å². The number of aliphatic carboxylic acids is 1. The maximum Gasteiger partial charge on any atom is 0.361 e. The van der Waals surface area contributed by atoms with Gasteiger partial charge in [0.25, 0.3) is 6.29 Å². The van der Waals surface area contributed by atoms with Crippen molar-refractivity contribution < 1.29 is 42.9 Å². The maximum absolute atomic E-state index is 13.0. The molecule has 105 heavy (non-hydrogen) atoms. The highest BCUT2D eigenvalue weighted by Crippen LogP contribution is 2.20. The average molecular weight is 1470 g/mol. The number of quaternary nitrogens is 1. The number of hydrogen-bond acceptors (Lipinski definition) is 7. The molecule has 1 N–H and O–H groups in total. The Bertz CT molecular complexity index is 2060. The summed E-state index contributed by atoms with van der Waals surface area (Å²) in [5.74, 6) is -1.97. The third-order valence-electron chi connectivity index (χ3n) is 20.3. The minimum Gasteiger partial charge on any atom is -0.477 e. The van der Waals surface area contributed by atoms with Gasteiger partial charge in [-0.3, -0.25) is 9.59 Å². The van der Waals surface area contributed by atoms with E-state index in [2.05, 4.69) is 111 Å². The Morgan fingerprint density at radius 1 is 0.295 bits per heavy atom. The molecule has 0 spiro atoms. The summed E-state index contributed by atoms with van der Waals surface area (Å²) in [5, 5.41) is 9.80. The van der Waals surface area contributed by atoms with Gasteiger partial charge in [-0.25, -0.2) is 4.79 Å². The normalized spacial score (nSPS) is 13.0. The highest BCUT2D eigenvalue weighted by atomic mass is 16.7. The van der Waals surface area contributed by atoms with Crippen molar-refractivity contribution in [3.05, 3.63) is 97.2 Å². The van der Waals surface area contributed by atoms with Gasteiger partial charge < -0.3 is 28.5 Å². The van der Waals surface area contributed by atoms with Crippen LogP contribution in [0.1, 0.15) is 438 Å². The number of rotatable bonds is 85. The fraction of sp³-hybridized carbons (Fsp3) is 0.802. The van der Waals surface area contributed by atoms with E-state index in [1.54, 1.807) is 0 Å². The van der Waals surface area contributed by atoms with Gasteiger partial charge in [0.2, 0.25) is 0 Å². The van der Waals surface area contributed by atoms with Crippen LogP contribution in [-0.2, 0) is 33.3 Å². The van der Waals surface area contributed by atoms with Crippen LogP contribution in [0.5, 0.6) is 0 Å². The van der Waals surface area contributed by atoms with Gasteiger partial charge in [0.1, 0.15) is 13.2 Å². The lowest BCUT2D eigenvalue weighted by molar-refractivity contribution is -0.870. The van der Waals surface area contributed by atoms with Gasteiger partial charge in [-0.1, -0.05) is 426 Å². The summed E-state index contributed by atoms with van der Waals surface area (Å²) >= 11 is 0. The van der Waals surface area contributed by atoms with Crippen LogP contribution in [-0.4, -0.2) is 87.4 Å². The Kier molecular flexibility index (Phi) is 82.7. The molecule has 2 unspecified atom stereocenters. The molecule has 0 aromatic heterocycles. The third-order valence-corrected chi connectivity index (χ3v) is 20.3. The number of carboxylic acid groups (broad SMARTS) is 1. The second kappa shape index (κ2) is 85.8. The van der Waals surface area contributed by atoms with Crippen molar-refractivity contribution in [2.24, 2.45) is 0 Å². The molecule has 0 heterocycles. The van der Waals surface area contributed by atoms with Crippen LogP contribution in [0, 0.1) is 0 Å². The number of unbranched alkanes of at least 4 members (excludes halogenated alkanes) is 54. The quantitative estimate of drug-likeness (QED) is 0.0211. The zero-order valence-corrected chi connectivity index (χ0v) is 70.1. The van der Waals surface area contributed by atoms with E-state index in [-0.39, 0.29) is 38.2 Å². The van der Waals surface area contributed by atoms with Gasteiger partial charge in [0, 0.05) is 12.8 Å². The lowest BCUT2D eigenvalue weighted by Gasteiger charge is -2.25. The molecule has 9 nitrogen and oxygen atoms in total. The summed E-state index contributed by atoms with van der Waals surface area (Å²) in [6, 6.07) is 0. The number of carbonyl (C=O) groups excluding carboxylic acids is 2. The molecule has 2 atom stereocenters. The lowest BCUT2D eigenvalue weighted by Crippen LogP contribution is -2.40. The maximum atomic E-state index is 13.0. The molecule has 0 saturated heterocycles. The van der Waals surface area contributed by atoms with Crippen molar-refractivity contribution >= 4 is 17.9 Å². The van der Waals surface area contributed by atoms with Gasteiger partial charge in [0.05, 0.1) is 34.4 Å². The average Bonchev–Trinajstić information content (AvgIpc) is 1.18. The second-order valence-corrected chi connectivity index (χ2v) is 31.9. The summed E-state index contributed by atoms with van der Waals surface area (Å²) in [6.07, 6.45) is 118. The van der Waals surface area contributed by atoms with E-state index in [0.717, 1.165) is 83.5 Å². The number of esters is 2. The molecule has 0 aromatic rings. The predicted molar refractivity (Wildman–Crippen MR) is 456 cm³/mol. The second-order valence-electron chi connectivity index (χ2n) is 31.9. The molecule has 0 fully saturated rings. The molecule has 0 radical (unpaired) electrons. The summed E-state index contributed by atoms with van der Waals surface area (Å²) in [4.78, 5) is 37.8. The van der Waals surface area contributed by atoms with Crippen LogP contribution in [0.25, 0.3) is 0 Å². The van der Waals surface area contributed by atoms with Gasteiger partial charge in [0.15, 0.2) is 6.10 Å². The predicted octanol–water partition coefficient (Wildman–Crippen LogP) is 29.8. The minimum absolute atomic E-state index is 0.178. The van der Waals surface area contributed by atoms with Crippen molar-refractivity contribution in [2.75, 3.05) is 47.5 Å². The molecule has 0 bridgehead atoms. The van der Waals surface area contributed by atoms with Crippen LogP contribution >= 0.6 is 0 Å². The summed E-state index contributed by atoms with van der Waals surface area (Å²) in [7, 11) is 6.00. The Balaban J connectivity index is 3.91. The molecule has 0 saturated carbocycles. The van der Waals surface area contributed by atoms with E-state index in [0.29, 0.717) is 17.4 Å². The Labute approximate surface area is 652 Å². The number of likely N-dealkylation sites (N-methyl/N-ethyl adjacent to an activating group) is 1. The highest BCUT2D eigenvalue weighted by molar-refractivity contribution is 5.71. The van der Waals surface area contributed by atoms with E-state index < -0.39 is 18.4 Å². The highest BCUT2D eigenvalue weighted by Gasteiger charge is 2.25. The van der Waals surface area contributed by atoms with E-state index in [9.17, 15) is 19.5 Å². The van der Waals surface area contributed by atoms with Gasteiger partial charge in [-0.2, -0.15) is 0 Å². The van der Waals surface area contributed by atoms with Crippen molar-refractivity contribution in [1.82, 2.24) is 0 Å². The third kappa shape index (κ3) is 87.3. The first-order valence-corrected chi connectivity index (χ1v) is 45.4. The first-order valence-electron chi connectivity index (χ1n) is 45.4. The molecule has 0 aliphatic carbocycles. The van der Waals surface area contributed by atoms with Crippen LogP contribution in [0.2, 0.25) is 0 Å². The van der Waals surface area contributed by atoms with Crippen LogP contribution in [0.3, 0.4) is 0 Å². The number of hydrogen-bond donors (Lipinski definition) is 1. The molecule has 0 aliphatic rings. The molecular formula is C96H174NO8+. The van der Waals surface area contributed by atoms with E-state index in [4.69, 9.17) is 18.9 Å². The summed E-state index contributed by atoms with van der Waals surface area (Å²) in [6.45, 7) is 4.82. The zero-order chi connectivity index (χ0) is 76.0. The summed E-state index contributed by atoms with van der Waals surface area (Å²) in [5.41, 5.74) is 0. The van der Waals surface area contributed by atoms with E-state index in [1.165, 1.54) is 327 Å². The van der Waals surface area contributed by atoms with Crippen molar-refractivity contribution in [3.63, 3.8) is 0 Å². The minimum atomic E-state index is -1.51. The van der Waals surface area contributed by atoms with E-state index >= 15 is 0 Å². The fourth-order valence-corrected chi connectivity index (χ4v) is 13.5. The number of carbonyl (C=O) groups is 3. The Morgan fingerprint density at radius 2 is 0.543 bits per heavy atom. The molecule has 0 amide bonds. The van der Waals surface area contributed by atoms with Gasteiger partial charge in [-0.15, -0.1) is 0 Å². The van der Waals surface area contributed by atoms with Crippen molar-refractivity contribution in [3.8, 4) is 0 Å². The Morgan fingerprint density at radius 3 is 0.810 bits per heavy atom. The molecule has 610 valence electrons. The fourth-order valence-electron chi connectivity index (χ4n) is 13.5. The molecule has 9 heteroatoms. The number of allylic oxidation sites excluding steroid dienone is 16. The number of ether oxygens (including phenoxy) is 4. The van der Waals surface area contributed by atoms with Gasteiger partial charge in [-0.05, 0) is 96.3 Å². The van der Waals surface area contributed by atoms with E-state index in [1.807, 2.05) is 21.1 Å². The topological polar surface area (TPSA) is 108 Å². The monoisotopic (exact) mass is 1470 g/mol. The lowest BCUT2D eigenvalue weighted by atomic mass is 10.0. The zero-order valence-electron chi connectivity index (χ0n) is 70.1. The largest absolute Gasteiger partial charge is 0.477 e. The molecular weight excluding hydrogens is 1300 g/mol. The van der Waals surface area contributed by atoms with Gasteiger partial charge >= 0.3 is 17.9 Å². The summed E-state index contributed by atoms with van der Waals surface area (Å²) < 4.78 is 23.1. The van der Waals surface area contributed by atoms with Crippen LogP contribution in [0.15, 0.2) is 97.2 Å². The van der Waals surface area contributed by atoms with Crippen molar-refractivity contribution in [1.29, 1.82) is 0 Å². The molecule has 0 aromatic carbocycles.